The van der Waals surface area contributed by atoms with Gasteiger partial charge < -0.3 is 9.73 Å². The molecule has 0 radical (unpaired) electrons. The zero-order valence-corrected chi connectivity index (χ0v) is 12.7. The monoisotopic (exact) mass is 314 g/mol. The van der Waals surface area contributed by atoms with Crippen LogP contribution in [0.25, 0.3) is 5.69 Å². The lowest BCUT2D eigenvalue weighted by Gasteiger charge is -2.05. The molecule has 0 saturated carbocycles. The summed E-state index contributed by atoms with van der Waals surface area (Å²) in [6.45, 7) is 3.65. The van der Waals surface area contributed by atoms with Crippen LogP contribution in [0.3, 0.4) is 0 Å². The Morgan fingerprint density at radius 2 is 2.17 bits per heavy atom. The summed E-state index contributed by atoms with van der Waals surface area (Å²) in [4.78, 5) is 12.2. The molecule has 0 spiro atoms. The van der Waals surface area contributed by atoms with Gasteiger partial charge in [-0.1, -0.05) is 11.3 Å². The van der Waals surface area contributed by atoms with Gasteiger partial charge in [-0.15, -0.1) is 5.10 Å². The number of carbonyl (C=O) groups excluding carboxylic acids is 1. The summed E-state index contributed by atoms with van der Waals surface area (Å²) in [5.41, 5.74) is 1.79. The molecule has 0 atom stereocenters. The molecule has 7 heteroatoms. The van der Waals surface area contributed by atoms with E-state index in [9.17, 15) is 9.18 Å². The molecule has 0 bridgehead atoms. The van der Waals surface area contributed by atoms with Crippen LogP contribution in [0.15, 0.2) is 41.0 Å². The van der Waals surface area contributed by atoms with Crippen LogP contribution in [0.5, 0.6) is 0 Å². The van der Waals surface area contributed by atoms with Crippen molar-refractivity contribution in [1.29, 1.82) is 0 Å². The van der Waals surface area contributed by atoms with Crippen molar-refractivity contribution in [3.8, 4) is 5.69 Å². The third kappa shape index (κ3) is 2.98. The second kappa shape index (κ2) is 6.04. The number of benzene rings is 1. The Hall–Kier alpha value is -2.96. The normalized spacial score (nSPS) is 10.7. The van der Waals surface area contributed by atoms with E-state index >= 15 is 0 Å². The Morgan fingerprint density at radius 3 is 2.87 bits per heavy atom. The maximum absolute atomic E-state index is 13.7. The molecule has 3 rings (SSSR count). The van der Waals surface area contributed by atoms with Crippen LogP contribution in [0.2, 0.25) is 0 Å². The summed E-state index contributed by atoms with van der Waals surface area (Å²) >= 11 is 0. The third-order valence-corrected chi connectivity index (χ3v) is 3.51. The number of nitrogens with one attached hydrogen (secondary N) is 1. The molecule has 23 heavy (non-hydrogen) atoms. The van der Waals surface area contributed by atoms with Crippen molar-refractivity contribution < 1.29 is 13.6 Å². The van der Waals surface area contributed by atoms with E-state index in [0.29, 0.717) is 22.7 Å². The Balaban J connectivity index is 1.80. The number of aromatic nitrogens is 3. The highest BCUT2D eigenvalue weighted by atomic mass is 19.1. The number of amides is 1. The number of hydrogen-bond donors (Lipinski definition) is 1. The molecule has 0 aliphatic rings. The van der Waals surface area contributed by atoms with Gasteiger partial charge >= 0.3 is 0 Å². The van der Waals surface area contributed by atoms with Crippen molar-refractivity contribution in [3.63, 3.8) is 0 Å². The average molecular weight is 314 g/mol. The quantitative estimate of drug-likeness (QED) is 0.803. The van der Waals surface area contributed by atoms with E-state index in [2.05, 4.69) is 15.6 Å². The van der Waals surface area contributed by atoms with E-state index in [1.807, 2.05) is 0 Å². The number of carbonyl (C=O) groups is 1. The van der Waals surface area contributed by atoms with Gasteiger partial charge in [0.2, 0.25) is 0 Å². The molecule has 0 unspecified atom stereocenters. The fourth-order valence-corrected chi connectivity index (χ4v) is 2.16. The van der Waals surface area contributed by atoms with Crippen LogP contribution < -0.4 is 5.32 Å². The fraction of sp³-hybridized carbons (Fsp3) is 0.188. The molecule has 2 aromatic heterocycles. The van der Waals surface area contributed by atoms with Gasteiger partial charge in [-0.05, 0) is 43.7 Å². The summed E-state index contributed by atoms with van der Waals surface area (Å²) in [6.07, 6.45) is 1.54. The summed E-state index contributed by atoms with van der Waals surface area (Å²) in [7, 11) is 0. The van der Waals surface area contributed by atoms with Gasteiger partial charge in [-0.3, -0.25) is 4.79 Å². The minimum absolute atomic E-state index is 0.192. The van der Waals surface area contributed by atoms with E-state index in [1.54, 1.807) is 38.1 Å². The topological polar surface area (TPSA) is 73.0 Å². The van der Waals surface area contributed by atoms with E-state index in [4.69, 9.17) is 4.42 Å². The van der Waals surface area contributed by atoms with Crippen LogP contribution in [-0.2, 0) is 6.54 Å². The van der Waals surface area contributed by atoms with Gasteiger partial charge in [0.25, 0.3) is 5.91 Å². The molecular weight excluding hydrogens is 299 g/mol. The average Bonchev–Trinajstić information content (AvgIpc) is 3.17. The van der Waals surface area contributed by atoms with Crippen LogP contribution in [0.1, 0.15) is 27.5 Å². The Kier molecular flexibility index (Phi) is 3.92. The number of aryl methyl sites for hydroxylation is 1. The highest BCUT2D eigenvalue weighted by Crippen LogP contribution is 2.16. The Labute approximate surface area is 131 Å². The molecule has 0 aliphatic carbocycles. The van der Waals surface area contributed by atoms with Gasteiger partial charge in [0.05, 0.1) is 24.2 Å². The molecular formula is C16H15FN4O2. The largest absolute Gasteiger partial charge is 0.467 e. The molecule has 0 aliphatic heterocycles. The summed E-state index contributed by atoms with van der Waals surface area (Å²) in [6, 6.07) is 8.25. The molecule has 6 nitrogen and oxygen atoms in total. The predicted molar refractivity (Wildman–Crippen MR) is 80.7 cm³/mol. The minimum atomic E-state index is -0.363. The van der Waals surface area contributed by atoms with E-state index in [1.165, 1.54) is 17.0 Å². The number of furan rings is 1. The number of nitrogens with zero attached hydrogens (tertiary/aromatic N) is 3. The molecule has 0 saturated heterocycles. The van der Waals surface area contributed by atoms with Gasteiger partial charge in [0.15, 0.2) is 5.69 Å². The highest BCUT2D eigenvalue weighted by molar-refractivity contribution is 5.93. The second-order valence-corrected chi connectivity index (χ2v) is 5.13. The second-order valence-electron chi connectivity index (χ2n) is 5.13. The lowest BCUT2D eigenvalue weighted by atomic mass is 10.2. The zero-order chi connectivity index (χ0) is 16.4. The highest BCUT2D eigenvalue weighted by Gasteiger charge is 2.17. The number of hydrogen-bond acceptors (Lipinski definition) is 4. The van der Waals surface area contributed by atoms with Crippen molar-refractivity contribution in [1.82, 2.24) is 20.3 Å². The maximum Gasteiger partial charge on any atom is 0.274 e. The van der Waals surface area contributed by atoms with E-state index in [-0.39, 0.29) is 24.0 Å². The number of rotatable bonds is 4. The molecule has 2 heterocycles. The summed E-state index contributed by atoms with van der Waals surface area (Å²) < 4.78 is 20.3. The van der Waals surface area contributed by atoms with Crippen LogP contribution in [0, 0.1) is 19.7 Å². The van der Waals surface area contributed by atoms with Crippen molar-refractivity contribution in [2.75, 3.05) is 0 Å². The van der Waals surface area contributed by atoms with E-state index in [0.717, 1.165) is 0 Å². The van der Waals surface area contributed by atoms with Crippen molar-refractivity contribution in [3.05, 3.63) is 65.1 Å². The van der Waals surface area contributed by atoms with Crippen LogP contribution in [0.4, 0.5) is 4.39 Å². The standard InChI is InChI=1S/C16H15FN4O2/c1-10-5-6-12(8-14(10)17)21-11(2)15(19-20-21)16(22)18-9-13-4-3-7-23-13/h3-8H,9H2,1-2H3,(H,18,22). The molecule has 3 aromatic rings. The van der Waals surface area contributed by atoms with Crippen LogP contribution in [-0.4, -0.2) is 20.9 Å². The first-order chi connectivity index (χ1) is 11.1. The Bertz CT molecular complexity index is 840. The van der Waals surface area contributed by atoms with Crippen molar-refractivity contribution in [2.24, 2.45) is 0 Å². The first-order valence-electron chi connectivity index (χ1n) is 7.05. The SMILES string of the molecule is Cc1ccc(-n2nnc(C(=O)NCc3ccco3)c2C)cc1F. The van der Waals surface area contributed by atoms with Crippen LogP contribution >= 0.6 is 0 Å². The van der Waals surface area contributed by atoms with Gasteiger partial charge in [0.1, 0.15) is 11.6 Å². The number of halogens is 1. The predicted octanol–water partition coefficient (Wildman–Crippen LogP) is 2.55. The first kappa shape index (κ1) is 15.0. The van der Waals surface area contributed by atoms with Crippen molar-refractivity contribution in [2.45, 2.75) is 20.4 Å². The fourth-order valence-electron chi connectivity index (χ4n) is 2.16. The summed E-state index contributed by atoms with van der Waals surface area (Å²) in [5, 5.41) is 10.5. The first-order valence-corrected chi connectivity index (χ1v) is 7.05. The van der Waals surface area contributed by atoms with Gasteiger partial charge in [-0.2, -0.15) is 0 Å². The summed E-state index contributed by atoms with van der Waals surface area (Å²) in [5.74, 6) is -0.0528. The smallest absolute Gasteiger partial charge is 0.274 e. The van der Waals surface area contributed by atoms with E-state index < -0.39 is 0 Å². The third-order valence-electron chi connectivity index (χ3n) is 3.51. The molecule has 118 valence electrons. The molecule has 1 amide bonds. The van der Waals surface area contributed by atoms with Gasteiger partial charge in [0, 0.05) is 0 Å². The molecule has 1 aromatic carbocycles. The molecule has 1 N–H and O–H groups in total. The lowest BCUT2D eigenvalue weighted by molar-refractivity contribution is 0.0942. The Morgan fingerprint density at radius 1 is 1.35 bits per heavy atom. The van der Waals surface area contributed by atoms with Gasteiger partial charge in [-0.25, -0.2) is 9.07 Å². The maximum atomic E-state index is 13.7. The zero-order valence-electron chi connectivity index (χ0n) is 12.7. The lowest BCUT2D eigenvalue weighted by Crippen LogP contribution is -2.23. The van der Waals surface area contributed by atoms with Crippen molar-refractivity contribution >= 4 is 5.91 Å². The molecule has 0 fully saturated rings. The minimum Gasteiger partial charge on any atom is -0.467 e.